The second-order valence-electron chi connectivity index (χ2n) is 7.63. The number of aromatic nitrogens is 2. The van der Waals surface area contributed by atoms with Crippen LogP contribution in [-0.4, -0.2) is 22.7 Å². The number of carbonyl (C=O) groups excluding carboxylic acids is 1. The monoisotopic (exact) mass is 411 g/mol. The number of aryl methyl sites for hydroxylation is 1. The Morgan fingerprint density at radius 2 is 1.94 bits per heavy atom. The van der Waals surface area contributed by atoms with E-state index in [-0.39, 0.29) is 18.7 Å². The molecule has 0 fully saturated rings. The second kappa shape index (κ2) is 7.72. The van der Waals surface area contributed by atoms with Gasteiger partial charge in [0.05, 0.1) is 22.8 Å². The lowest BCUT2D eigenvalue weighted by molar-refractivity contribution is 0.0941. The van der Waals surface area contributed by atoms with Crippen LogP contribution in [0, 0.1) is 6.92 Å². The molecular formula is C25H21N3O3. The smallest absolute Gasteiger partial charge is 0.252 e. The summed E-state index contributed by atoms with van der Waals surface area (Å²) < 4.78 is 10.8. The van der Waals surface area contributed by atoms with Gasteiger partial charge in [0.25, 0.3) is 5.91 Å². The highest BCUT2D eigenvalue weighted by Gasteiger charge is 2.19. The Bertz CT molecular complexity index is 1290. The predicted octanol–water partition coefficient (Wildman–Crippen LogP) is 4.82. The zero-order valence-electron chi connectivity index (χ0n) is 17.3. The first-order valence-corrected chi connectivity index (χ1v) is 10.1. The summed E-state index contributed by atoms with van der Waals surface area (Å²) in [5.74, 6) is 1.26. The maximum atomic E-state index is 13.4. The van der Waals surface area contributed by atoms with Crippen LogP contribution in [0.2, 0.25) is 0 Å². The first-order valence-electron chi connectivity index (χ1n) is 10.1. The fourth-order valence-electron chi connectivity index (χ4n) is 3.73. The molecule has 1 amide bonds. The third-order valence-electron chi connectivity index (χ3n) is 5.41. The van der Waals surface area contributed by atoms with Crippen LogP contribution in [0.1, 0.15) is 34.5 Å². The van der Waals surface area contributed by atoms with E-state index in [1.54, 1.807) is 12.4 Å². The Morgan fingerprint density at radius 3 is 2.77 bits per heavy atom. The molecule has 5 rings (SSSR count). The van der Waals surface area contributed by atoms with Crippen molar-refractivity contribution in [2.75, 3.05) is 6.79 Å². The number of rotatable bonds is 4. The van der Waals surface area contributed by atoms with Crippen molar-refractivity contribution in [3.05, 3.63) is 83.7 Å². The van der Waals surface area contributed by atoms with E-state index in [4.69, 9.17) is 14.5 Å². The van der Waals surface area contributed by atoms with Gasteiger partial charge in [-0.25, -0.2) is 4.98 Å². The average Bonchev–Trinajstić information content (AvgIpc) is 3.27. The van der Waals surface area contributed by atoms with Crippen LogP contribution in [0.4, 0.5) is 0 Å². The van der Waals surface area contributed by atoms with E-state index in [1.165, 1.54) is 0 Å². The van der Waals surface area contributed by atoms with Gasteiger partial charge in [-0.15, -0.1) is 0 Å². The first-order chi connectivity index (χ1) is 15.1. The summed E-state index contributed by atoms with van der Waals surface area (Å²) in [6.45, 7) is 4.18. The lowest BCUT2D eigenvalue weighted by Gasteiger charge is -2.16. The number of benzene rings is 2. The van der Waals surface area contributed by atoms with Gasteiger partial charge in [-0.2, -0.15) is 0 Å². The summed E-state index contributed by atoms with van der Waals surface area (Å²) in [6, 6.07) is 17.1. The number of ether oxygens (including phenoxy) is 2. The molecule has 0 aliphatic carbocycles. The fourth-order valence-corrected chi connectivity index (χ4v) is 3.73. The van der Waals surface area contributed by atoms with Crippen molar-refractivity contribution in [2.24, 2.45) is 0 Å². The normalized spacial score (nSPS) is 13.2. The fraction of sp³-hybridized carbons (Fsp3) is 0.160. The molecule has 1 unspecified atom stereocenters. The first kappa shape index (κ1) is 19.1. The van der Waals surface area contributed by atoms with Crippen LogP contribution < -0.4 is 14.8 Å². The Hall–Kier alpha value is -3.93. The molecule has 31 heavy (non-hydrogen) atoms. The average molecular weight is 411 g/mol. The van der Waals surface area contributed by atoms with Crippen LogP contribution in [-0.2, 0) is 0 Å². The van der Waals surface area contributed by atoms with Crippen LogP contribution in [0.15, 0.2) is 67.0 Å². The molecule has 0 radical (unpaired) electrons. The third-order valence-corrected chi connectivity index (χ3v) is 5.41. The molecule has 1 N–H and O–H groups in total. The third kappa shape index (κ3) is 3.68. The highest BCUT2D eigenvalue weighted by molar-refractivity contribution is 6.07. The summed E-state index contributed by atoms with van der Waals surface area (Å²) in [6.07, 6.45) is 3.47. The minimum absolute atomic E-state index is 0.159. The number of amides is 1. The summed E-state index contributed by atoms with van der Waals surface area (Å²) in [5.41, 5.74) is 4.95. The number of fused-ring (bicyclic) bond motifs is 2. The van der Waals surface area contributed by atoms with Gasteiger partial charge in [0.15, 0.2) is 11.5 Å². The maximum Gasteiger partial charge on any atom is 0.252 e. The van der Waals surface area contributed by atoms with E-state index >= 15 is 0 Å². The minimum atomic E-state index is -0.211. The van der Waals surface area contributed by atoms with Crippen molar-refractivity contribution in [3.8, 4) is 22.8 Å². The highest BCUT2D eigenvalue weighted by atomic mass is 16.7. The molecule has 6 heteroatoms. The molecule has 4 aromatic rings. The topological polar surface area (TPSA) is 73.3 Å². The van der Waals surface area contributed by atoms with Gasteiger partial charge in [0.1, 0.15) is 0 Å². The Morgan fingerprint density at radius 1 is 1.06 bits per heavy atom. The van der Waals surface area contributed by atoms with E-state index < -0.39 is 0 Å². The molecule has 0 bridgehead atoms. The zero-order chi connectivity index (χ0) is 21.4. The van der Waals surface area contributed by atoms with Crippen molar-refractivity contribution in [2.45, 2.75) is 19.9 Å². The van der Waals surface area contributed by atoms with Crippen LogP contribution >= 0.6 is 0 Å². The van der Waals surface area contributed by atoms with Gasteiger partial charge in [0.2, 0.25) is 6.79 Å². The molecule has 0 saturated carbocycles. The van der Waals surface area contributed by atoms with Crippen molar-refractivity contribution >= 4 is 16.8 Å². The van der Waals surface area contributed by atoms with Gasteiger partial charge >= 0.3 is 0 Å². The number of hydrogen-bond donors (Lipinski definition) is 1. The Balaban J connectivity index is 1.52. The molecule has 1 aliphatic rings. The number of pyridine rings is 2. The van der Waals surface area contributed by atoms with E-state index in [2.05, 4.69) is 10.3 Å². The van der Waals surface area contributed by atoms with Crippen molar-refractivity contribution in [1.29, 1.82) is 0 Å². The van der Waals surface area contributed by atoms with Crippen molar-refractivity contribution in [1.82, 2.24) is 15.3 Å². The van der Waals surface area contributed by atoms with Gasteiger partial charge < -0.3 is 14.8 Å². The Labute approximate surface area is 179 Å². The standard InChI is InChI=1S/C25H21N3O3/c1-15-5-7-21-19(10-15)20(12-22(28-21)18-4-3-9-26-13-18)25(29)27-16(2)17-6-8-23-24(11-17)31-14-30-23/h3-13,16H,14H2,1-2H3,(H,27,29). The molecule has 1 aliphatic heterocycles. The van der Waals surface area contributed by atoms with Gasteiger partial charge in [-0.3, -0.25) is 9.78 Å². The molecule has 0 saturated heterocycles. The van der Waals surface area contributed by atoms with E-state index in [0.717, 1.165) is 33.3 Å². The second-order valence-corrected chi connectivity index (χ2v) is 7.63. The molecule has 154 valence electrons. The quantitative estimate of drug-likeness (QED) is 0.521. The van der Waals surface area contributed by atoms with Crippen LogP contribution in [0.25, 0.3) is 22.2 Å². The molecule has 2 aromatic heterocycles. The number of carbonyl (C=O) groups is 1. The van der Waals surface area contributed by atoms with Gasteiger partial charge in [-0.05, 0) is 61.9 Å². The summed E-state index contributed by atoms with van der Waals surface area (Å²) in [4.78, 5) is 22.3. The SMILES string of the molecule is Cc1ccc2nc(-c3cccnc3)cc(C(=O)NC(C)c3ccc4c(c3)OCO4)c2c1. The number of hydrogen-bond acceptors (Lipinski definition) is 5. The van der Waals surface area contributed by atoms with E-state index in [0.29, 0.717) is 17.0 Å². The summed E-state index contributed by atoms with van der Waals surface area (Å²) >= 11 is 0. The largest absolute Gasteiger partial charge is 0.454 e. The number of nitrogens with zero attached hydrogens (tertiary/aromatic N) is 2. The molecule has 6 nitrogen and oxygen atoms in total. The highest BCUT2D eigenvalue weighted by Crippen LogP contribution is 2.34. The van der Waals surface area contributed by atoms with Crippen molar-refractivity contribution in [3.63, 3.8) is 0 Å². The zero-order valence-corrected chi connectivity index (χ0v) is 17.3. The van der Waals surface area contributed by atoms with Crippen molar-refractivity contribution < 1.29 is 14.3 Å². The molecular weight excluding hydrogens is 390 g/mol. The lowest BCUT2D eigenvalue weighted by atomic mass is 10.0. The molecule has 3 heterocycles. The maximum absolute atomic E-state index is 13.4. The van der Waals surface area contributed by atoms with Crippen LogP contribution in [0.5, 0.6) is 11.5 Å². The summed E-state index contributed by atoms with van der Waals surface area (Å²) in [7, 11) is 0. The number of nitrogens with one attached hydrogen (secondary N) is 1. The predicted molar refractivity (Wildman–Crippen MR) is 118 cm³/mol. The molecule has 1 atom stereocenters. The van der Waals surface area contributed by atoms with Gasteiger partial charge in [0, 0.05) is 23.3 Å². The van der Waals surface area contributed by atoms with E-state index in [1.807, 2.05) is 68.4 Å². The minimum Gasteiger partial charge on any atom is -0.454 e. The molecule has 0 spiro atoms. The van der Waals surface area contributed by atoms with Crippen LogP contribution in [0.3, 0.4) is 0 Å². The van der Waals surface area contributed by atoms with Gasteiger partial charge in [-0.1, -0.05) is 17.7 Å². The molecule has 2 aromatic carbocycles. The van der Waals surface area contributed by atoms with E-state index in [9.17, 15) is 4.79 Å². The summed E-state index contributed by atoms with van der Waals surface area (Å²) in [5, 5.41) is 3.94. The lowest BCUT2D eigenvalue weighted by Crippen LogP contribution is -2.27. The Kier molecular flexibility index (Phi) is 4.75.